The van der Waals surface area contributed by atoms with Gasteiger partial charge >= 0.3 is 11.7 Å². The molecule has 1 fully saturated rings. The van der Waals surface area contributed by atoms with Crippen LogP contribution in [-0.2, 0) is 4.74 Å². The number of carbonyl (C=O) groups is 1. The van der Waals surface area contributed by atoms with E-state index in [-0.39, 0.29) is 23.5 Å². The number of rotatable bonds is 7. The molecule has 2 aromatic rings. The smallest absolute Gasteiger partial charge is 0.354 e. The van der Waals surface area contributed by atoms with Crippen molar-refractivity contribution in [3.05, 3.63) is 46.5 Å². The van der Waals surface area contributed by atoms with Crippen molar-refractivity contribution in [1.82, 2.24) is 9.55 Å². The van der Waals surface area contributed by atoms with Gasteiger partial charge in [-0.05, 0) is 19.3 Å². The van der Waals surface area contributed by atoms with Gasteiger partial charge in [0.25, 0.3) is 0 Å². The third-order valence-electron chi connectivity index (χ3n) is 5.02. The number of aromatic nitrogens is 2. The van der Waals surface area contributed by atoms with E-state index < -0.39 is 5.97 Å². The van der Waals surface area contributed by atoms with E-state index in [0.29, 0.717) is 12.3 Å². The van der Waals surface area contributed by atoms with Crippen LogP contribution in [0.1, 0.15) is 62.0 Å². The molecule has 1 saturated carbocycles. The number of hydrogen-bond acceptors (Lipinski definition) is 3. The molecule has 2 N–H and O–H groups in total. The van der Waals surface area contributed by atoms with Crippen molar-refractivity contribution in [2.24, 2.45) is 0 Å². The van der Waals surface area contributed by atoms with Gasteiger partial charge in [0.1, 0.15) is 0 Å². The lowest BCUT2D eigenvalue weighted by atomic mass is 9.91. The van der Waals surface area contributed by atoms with Gasteiger partial charge in [-0.25, -0.2) is 9.59 Å². The Morgan fingerprint density at radius 3 is 2.69 bits per heavy atom. The van der Waals surface area contributed by atoms with Gasteiger partial charge in [0, 0.05) is 12.2 Å². The van der Waals surface area contributed by atoms with Crippen molar-refractivity contribution < 1.29 is 14.6 Å². The zero-order valence-electron chi connectivity index (χ0n) is 15.1. The van der Waals surface area contributed by atoms with E-state index in [1.54, 1.807) is 4.57 Å². The number of hydrogen-bond donors (Lipinski definition) is 2. The van der Waals surface area contributed by atoms with Crippen LogP contribution in [0.15, 0.2) is 35.1 Å². The van der Waals surface area contributed by atoms with Crippen LogP contribution in [0.3, 0.4) is 0 Å². The fourth-order valence-corrected chi connectivity index (χ4v) is 3.75. The van der Waals surface area contributed by atoms with Crippen LogP contribution < -0.4 is 5.69 Å². The third-order valence-corrected chi connectivity index (χ3v) is 5.02. The fourth-order valence-electron chi connectivity index (χ4n) is 3.75. The molecule has 0 aliphatic heterocycles. The highest BCUT2D eigenvalue weighted by Gasteiger charge is 2.33. The summed E-state index contributed by atoms with van der Waals surface area (Å²) < 4.78 is 7.70. The summed E-state index contributed by atoms with van der Waals surface area (Å²) in [6.07, 6.45) is 5.76. The molecule has 140 valence electrons. The molecule has 1 aliphatic rings. The van der Waals surface area contributed by atoms with E-state index in [2.05, 4.69) is 11.9 Å². The number of ether oxygens (including phenoxy) is 1. The van der Waals surface area contributed by atoms with Crippen LogP contribution in [0.25, 0.3) is 11.3 Å². The van der Waals surface area contributed by atoms with E-state index in [4.69, 9.17) is 4.74 Å². The Morgan fingerprint density at radius 1 is 1.27 bits per heavy atom. The summed E-state index contributed by atoms with van der Waals surface area (Å²) in [6.45, 7) is 2.79. The predicted molar refractivity (Wildman–Crippen MR) is 99.6 cm³/mol. The predicted octanol–water partition coefficient (Wildman–Crippen LogP) is 3.84. The quantitative estimate of drug-likeness (QED) is 0.737. The summed E-state index contributed by atoms with van der Waals surface area (Å²) in [6, 6.07) is 9.09. The molecule has 0 amide bonds. The minimum Gasteiger partial charge on any atom is -0.477 e. The van der Waals surface area contributed by atoms with Crippen molar-refractivity contribution >= 4 is 5.97 Å². The summed E-state index contributed by atoms with van der Waals surface area (Å²) in [5, 5.41) is 9.59. The number of aromatic carboxylic acids is 1. The number of imidazole rings is 1. The monoisotopic (exact) mass is 358 g/mol. The van der Waals surface area contributed by atoms with Crippen LogP contribution in [-0.4, -0.2) is 33.3 Å². The minimum atomic E-state index is -1.13. The molecule has 0 radical (unpaired) electrons. The number of nitrogens with one attached hydrogen (secondary N) is 1. The van der Waals surface area contributed by atoms with Crippen LogP contribution in [0.2, 0.25) is 0 Å². The van der Waals surface area contributed by atoms with Crippen molar-refractivity contribution in [2.75, 3.05) is 6.61 Å². The summed E-state index contributed by atoms with van der Waals surface area (Å²) in [7, 11) is 0. The molecule has 0 saturated heterocycles. The molecule has 0 bridgehead atoms. The van der Waals surface area contributed by atoms with Gasteiger partial charge in [0.2, 0.25) is 0 Å². The summed E-state index contributed by atoms with van der Waals surface area (Å²) in [4.78, 5) is 27.0. The van der Waals surface area contributed by atoms with Crippen molar-refractivity contribution in [3.63, 3.8) is 0 Å². The number of nitrogens with zero attached hydrogens (tertiary/aromatic N) is 1. The number of aromatic amines is 1. The Kier molecular flexibility index (Phi) is 5.93. The van der Waals surface area contributed by atoms with E-state index in [0.717, 1.165) is 44.1 Å². The minimum absolute atomic E-state index is 0.0564. The molecular weight excluding hydrogens is 332 g/mol. The Balaban J connectivity index is 2.05. The maximum atomic E-state index is 12.7. The van der Waals surface area contributed by atoms with Gasteiger partial charge in [-0.2, -0.15) is 0 Å². The standard InChI is InChI=1S/C20H26N2O4/c1-2-3-13-26-16-12-8-7-11-15(16)22-18(14-9-5-4-6-10-14)17(19(23)24)21-20(22)25/h4-6,9-10,15-16H,2-3,7-8,11-13H2,1H3,(H,21,25)(H,23,24)/t15-,16-/m1/s1. The molecule has 1 aromatic carbocycles. The van der Waals surface area contributed by atoms with Gasteiger partial charge in [-0.1, -0.05) is 56.5 Å². The second-order valence-electron chi connectivity index (χ2n) is 6.81. The van der Waals surface area contributed by atoms with E-state index >= 15 is 0 Å². The lowest BCUT2D eigenvalue weighted by Gasteiger charge is -2.33. The highest BCUT2D eigenvalue weighted by molar-refractivity contribution is 5.93. The lowest BCUT2D eigenvalue weighted by molar-refractivity contribution is -0.00752. The van der Waals surface area contributed by atoms with Crippen molar-refractivity contribution in [2.45, 2.75) is 57.6 Å². The van der Waals surface area contributed by atoms with Gasteiger partial charge in [-0.15, -0.1) is 0 Å². The maximum Gasteiger partial charge on any atom is 0.354 e. The van der Waals surface area contributed by atoms with E-state index in [9.17, 15) is 14.7 Å². The van der Waals surface area contributed by atoms with Gasteiger partial charge in [0.15, 0.2) is 5.69 Å². The second-order valence-corrected chi connectivity index (χ2v) is 6.81. The molecule has 0 spiro atoms. The van der Waals surface area contributed by atoms with Crippen molar-refractivity contribution in [1.29, 1.82) is 0 Å². The normalized spacial score (nSPS) is 20.2. The first-order chi connectivity index (χ1) is 12.6. The van der Waals surface area contributed by atoms with Gasteiger partial charge in [0.05, 0.1) is 17.8 Å². The second kappa shape index (κ2) is 8.36. The summed E-state index contributed by atoms with van der Waals surface area (Å²) in [5.41, 5.74) is 0.733. The third kappa shape index (κ3) is 3.75. The van der Waals surface area contributed by atoms with Gasteiger partial charge in [-0.3, -0.25) is 9.55 Å². The highest BCUT2D eigenvalue weighted by atomic mass is 16.5. The zero-order chi connectivity index (χ0) is 18.5. The molecule has 6 nitrogen and oxygen atoms in total. The molecule has 1 heterocycles. The Morgan fingerprint density at radius 2 is 2.00 bits per heavy atom. The molecule has 3 rings (SSSR count). The first kappa shape index (κ1) is 18.5. The van der Waals surface area contributed by atoms with Crippen molar-refractivity contribution in [3.8, 4) is 11.3 Å². The molecule has 1 aliphatic carbocycles. The van der Waals surface area contributed by atoms with Crippen LogP contribution in [0.4, 0.5) is 0 Å². The largest absolute Gasteiger partial charge is 0.477 e. The number of carboxylic acids is 1. The zero-order valence-corrected chi connectivity index (χ0v) is 15.1. The fraction of sp³-hybridized carbons (Fsp3) is 0.500. The molecule has 0 unspecified atom stereocenters. The Labute approximate surface area is 152 Å². The topological polar surface area (TPSA) is 84.3 Å². The molecular formula is C20H26N2O4. The van der Waals surface area contributed by atoms with Gasteiger partial charge < -0.3 is 9.84 Å². The van der Waals surface area contributed by atoms with Crippen LogP contribution >= 0.6 is 0 Å². The molecule has 26 heavy (non-hydrogen) atoms. The first-order valence-electron chi connectivity index (χ1n) is 9.38. The van der Waals surface area contributed by atoms with Crippen LogP contribution in [0.5, 0.6) is 0 Å². The number of unbranched alkanes of at least 4 members (excludes halogenated alkanes) is 1. The maximum absolute atomic E-state index is 12.7. The summed E-state index contributed by atoms with van der Waals surface area (Å²) in [5.74, 6) is -1.13. The molecule has 6 heteroatoms. The van der Waals surface area contributed by atoms with E-state index in [1.165, 1.54) is 0 Å². The Hall–Kier alpha value is -2.34. The summed E-state index contributed by atoms with van der Waals surface area (Å²) >= 11 is 0. The lowest BCUT2D eigenvalue weighted by Crippen LogP contribution is -2.36. The SMILES string of the molecule is CCCCO[C@@H]1CCCC[C@H]1n1c(-c2ccccc2)c(C(=O)O)[nH]c1=O. The molecule has 2 atom stereocenters. The van der Waals surface area contributed by atoms with E-state index in [1.807, 2.05) is 30.3 Å². The van der Waals surface area contributed by atoms with Crippen LogP contribution in [0, 0.1) is 0 Å². The average molecular weight is 358 g/mol. The highest BCUT2D eigenvalue weighted by Crippen LogP contribution is 2.34. The number of benzene rings is 1. The molecule has 1 aromatic heterocycles. The number of H-pyrrole nitrogens is 1. The average Bonchev–Trinajstić information content (AvgIpc) is 3.00. The first-order valence-corrected chi connectivity index (χ1v) is 9.38. The number of carboxylic acid groups (broad SMARTS) is 1. The Bertz CT molecular complexity index is 794.